The Morgan fingerprint density at radius 2 is 1.97 bits per heavy atom. The number of carbonyl (C=O) groups is 1. The average Bonchev–Trinajstić information content (AvgIpc) is 3.52. The zero-order valence-corrected chi connectivity index (χ0v) is 18.8. The maximum atomic E-state index is 12.5. The number of rotatable bonds is 4. The molecule has 1 saturated carbocycles. The predicted molar refractivity (Wildman–Crippen MR) is 117 cm³/mol. The first-order valence-electron chi connectivity index (χ1n) is 12.1. The van der Waals surface area contributed by atoms with E-state index in [9.17, 15) is 4.79 Å². The summed E-state index contributed by atoms with van der Waals surface area (Å²) in [5, 5.41) is 9.04. The van der Waals surface area contributed by atoms with Crippen LogP contribution in [0.2, 0.25) is 0 Å². The Bertz CT molecular complexity index is 968. The molecule has 1 amide bonds. The van der Waals surface area contributed by atoms with Gasteiger partial charge in [0.15, 0.2) is 5.82 Å². The largest absolute Gasteiger partial charge is 0.379 e. The number of amides is 1. The van der Waals surface area contributed by atoms with E-state index < -0.39 is 0 Å². The first-order chi connectivity index (χ1) is 15.7. The van der Waals surface area contributed by atoms with E-state index >= 15 is 0 Å². The summed E-state index contributed by atoms with van der Waals surface area (Å²) in [6.45, 7) is 3.99. The van der Waals surface area contributed by atoms with Crippen molar-refractivity contribution in [2.75, 3.05) is 44.8 Å². The van der Waals surface area contributed by atoms with Gasteiger partial charge in [-0.05, 0) is 32.1 Å². The molecule has 0 spiro atoms. The predicted octanol–water partition coefficient (Wildman–Crippen LogP) is 2.51. The van der Waals surface area contributed by atoms with Crippen LogP contribution in [0, 0.1) is 5.92 Å². The third-order valence-electron chi connectivity index (χ3n) is 7.91. The van der Waals surface area contributed by atoms with E-state index in [0.717, 1.165) is 83.1 Å². The SMILES string of the molecule is CN1CC(c2nc(C3CCN(C(=O)C4CCC4)CC3)no2)Cc2c1cnn2C1CCOC1. The number of fused-ring (bicyclic) bond motifs is 1. The highest BCUT2D eigenvalue weighted by Gasteiger charge is 2.35. The summed E-state index contributed by atoms with van der Waals surface area (Å²) >= 11 is 0. The number of likely N-dealkylation sites (tertiary alicyclic amines) is 1. The van der Waals surface area contributed by atoms with Crippen molar-refractivity contribution in [2.45, 2.75) is 62.8 Å². The summed E-state index contributed by atoms with van der Waals surface area (Å²) < 4.78 is 13.5. The average molecular weight is 441 g/mol. The molecule has 2 atom stereocenters. The second kappa shape index (κ2) is 8.17. The van der Waals surface area contributed by atoms with E-state index in [4.69, 9.17) is 14.2 Å². The van der Waals surface area contributed by atoms with Crippen molar-refractivity contribution in [3.63, 3.8) is 0 Å². The van der Waals surface area contributed by atoms with Crippen LogP contribution in [0.4, 0.5) is 5.69 Å². The standard InChI is InChI=1S/C23H32N6O3/c1-27-13-17(11-19-20(27)12-24-29(19)18-7-10-31-14-18)22-25-21(26-32-22)15-5-8-28(9-6-15)23(30)16-3-2-4-16/h12,15-18H,2-11,13-14H2,1H3. The number of hydrogen-bond donors (Lipinski definition) is 0. The molecule has 3 fully saturated rings. The molecule has 4 aliphatic rings. The van der Waals surface area contributed by atoms with Gasteiger partial charge in [0.2, 0.25) is 11.8 Å². The van der Waals surface area contributed by atoms with Gasteiger partial charge in [-0.25, -0.2) is 0 Å². The van der Waals surface area contributed by atoms with Crippen LogP contribution in [-0.2, 0) is 16.0 Å². The second-order valence-corrected chi connectivity index (χ2v) is 9.94. The van der Waals surface area contributed by atoms with Gasteiger partial charge in [0, 0.05) is 51.5 Å². The van der Waals surface area contributed by atoms with Crippen molar-refractivity contribution in [1.29, 1.82) is 0 Å². The topological polar surface area (TPSA) is 89.5 Å². The Hall–Kier alpha value is -2.42. The Kier molecular flexibility index (Phi) is 5.16. The minimum atomic E-state index is 0.159. The van der Waals surface area contributed by atoms with E-state index in [1.54, 1.807) is 0 Å². The van der Waals surface area contributed by atoms with Gasteiger partial charge in [-0.2, -0.15) is 10.1 Å². The molecule has 2 aromatic heterocycles. The number of aromatic nitrogens is 4. The second-order valence-electron chi connectivity index (χ2n) is 9.94. The van der Waals surface area contributed by atoms with E-state index in [0.29, 0.717) is 11.9 Å². The number of carbonyl (C=O) groups excluding carboxylic acids is 1. The molecule has 0 N–H and O–H groups in total. The normalized spacial score (nSPS) is 26.9. The van der Waals surface area contributed by atoms with Gasteiger partial charge in [0.1, 0.15) is 0 Å². The van der Waals surface area contributed by atoms with Crippen LogP contribution in [0.5, 0.6) is 0 Å². The minimum absolute atomic E-state index is 0.159. The lowest BCUT2D eigenvalue weighted by atomic mass is 9.83. The zero-order valence-electron chi connectivity index (χ0n) is 18.8. The summed E-state index contributed by atoms with van der Waals surface area (Å²) in [7, 11) is 2.11. The molecule has 3 aliphatic heterocycles. The molecule has 1 aliphatic carbocycles. The number of piperidine rings is 1. The van der Waals surface area contributed by atoms with E-state index in [2.05, 4.69) is 26.9 Å². The number of anilines is 1. The molecule has 6 rings (SSSR count). The monoisotopic (exact) mass is 440 g/mol. The Balaban J connectivity index is 1.13. The fraction of sp³-hybridized carbons (Fsp3) is 0.739. The van der Waals surface area contributed by atoms with Crippen LogP contribution in [0.3, 0.4) is 0 Å². The summed E-state index contributed by atoms with van der Waals surface area (Å²) in [6.07, 6.45) is 9.00. The van der Waals surface area contributed by atoms with Crippen LogP contribution in [0.25, 0.3) is 0 Å². The zero-order chi connectivity index (χ0) is 21.7. The van der Waals surface area contributed by atoms with Gasteiger partial charge < -0.3 is 19.1 Å². The first kappa shape index (κ1) is 20.2. The lowest BCUT2D eigenvalue weighted by molar-refractivity contribution is -0.139. The molecule has 2 saturated heterocycles. The van der Waals surface area contributed by atoms with E-state index in [1.807, 2.05) is 11.1 Å². The van der Waals surface area contributed by atoms with Crippen molar-refractivity contribution in [2.24, 2.45) is 5.92 Å². The maximum absolute atomic E-state index is 12.5. The van der Waals surface area contributed by atoms with E-state index in [-0.39, 0.29) is 17.8 Å². The summed E-state index contributed by atoms with van der Waals surface area (Å²) in [5.41, 5.74) is 2.43. The highest BCUT2D eigenvalue weighted by Crippen LogP contribution is 2.37. The highest BCUT2D eigenvalue weighted by molar-refractivity contribution is 5.79. The Morgan fingerprint density at radius 1 is 1.12 bits per heavy atom. The maximum Gasteiger partial charge on any atom is 0.231 e. The molecule has 0 aromatic carbocycles. The van der Waals surface area contributed by atoms with E-state index in [1.165, 1.54) is 17.8 Å². The number of ether oxygens (including phenoxy) is 1. The highest BCUT2D eigenvalue weighted by atomic mass is 16.5. The number of hydrogen-bond acceptors (Lipinski definition) is 7. The molecular weight excluding hydrogens is 408 g/mol. The molecule has 32 heavy (non-hydrogen) atoms. The Labute approximate surface area is 188 Å². The van der Waals surface area contributed by atoms with Gasteiger partial charge in [0.25, 0.3) is 0 Å². The van der Waals surface area contributed by atoms with Crippen molar-refractivity contribution >= 4 is 11.6 Å². The molecule has 9 nitrogen and oxygen atoms in total. The lowest BCUT2D eigenvalue weighted by Gasteiger charge is -2.35. The quantitative estimate of drug-likeness (QED) is 0.722. The van der Waals surface area contributed by atoms with Gasteiger partial charge in [-0.15, -0.1) is 0 Å². The van der Waals surface area contributed by atoms with Crippen molar-refractivity contribution in [1.82, 2.24) is 24.8 Å². The number of likely N-dealkylation sites (N-methyl/N-ethyl adjacent to an activating group) is 1. The lowest BCUT2D eigenvalue weighted by Crippen LogP contribution is -2.43. The van der Waals surface area contributed by atoms with Crippen molar-refractivity contribution in [3.05, 3.63) is 23.6 Å². The fourth-order valence-corrected chi connectivity index (χ4v) is 5.67. The number of nitrogens with zero attached hydrogens (tertiary/aromatic N) is 6. The van der Waals surface area contributed by atoms with Crippen molar-refractivity contribution in [3.8, 4) is 0 Å². The molecular formula is C23H32N6O3. The first-order valence-corrected chi connectivity index (χ1v) is 12.1. The van der Waals surface area contributed by atoms with Crippen molar-refractivity contribution < 1.29 is 14.1 Å². The smallest absolute Gasteiger partial charge is 0.231 e. The Morgan fingerprint density at radius 3 is 2.69 bits per heavy atom. The molecule has 2 unspecified atom stereocenters. The molecule has 5 heterocycles. The molecule has 0 bridgehead atoms. The van der Waals surface area contributed by atoms with Gasteiger partial charge >= 0.3 is 0 Å². The van der Waals surface area contributed by atoms with Crippen LogP contribution < -0.4 is 4.90 Å². The van der Waals surface area contributed by atoms with Crippen LogP contribution in [-0.4, -0.2) is 70.6 Å². The van der Waals surface area contributed by atoms with Gasteiger partial charge in [-0.3, -0.25) is 9.48 Å². The van der Waals surface area contributed by atoms with Crippen LogP contribution >= 0.6 is 0 Å². The minimum Gasteiger partial charge on any atom is -0.379 e. The fourth-order valence-electron chi connectivity index (χ4n) is 5.67. The van der Waals surface area contributed by atoms with Gasteiger partial charge in [-0.1, -0.05) is 11.6 Å². The third kappa shape index (κ3) is 3.50. The molecule has 2 aromatic rings. The summed E-state index contributed by atoms with van der Waals surface area (Å²) in [5.74, 6) is 2.60. The van der Waals surface area contributed by atoms with Gasteiger partial charge in [0.05, 0.1) is 36.1 Å². The van der Waals surface area contributed by atoms with Crippen LogP contribution in [0.1, 0.15) is 73.8 Å². The molecule has 0 radical (unpaired) electrons. The third-order valence-corrected chi connectivity index (χ3v) is 7.91. The summed E-state index contributed by atoms with van der Waals surface area (Å²) in [6, 6.07) is 0.317. The summed E-state index contributed by atoms with van der Waals surface area (Å²) in [4.78, 5) is 21.7. The molecule has 172 valence electrons. The van der Waals surface area contributed by atoms with Crippen LogP contribution in [0.15, 0.2) is 10.7 Å². The molecule has 9 heteroatoms.